The number of carbonyl (C=O) groups excluding carboxylic acids is 3. The average Bonchev–Trinajstić information content (AvgIpc) is 3.82. The molecule has 50 heavy (non-hydrogen) atoms. The number of hydrogen-bond acceptors (Lipinski definition) is 5. The molecular weight excluding hydrogens is 645 g/mol. The molecule has 9 nitrogen and oxygen atoms in total. The summed E-state index contributed by atoms with van der Waals surface area (Å²) >= 11 is 0. The van der Waals surface area contributed by atoms with Gasteiger partial charge in [-0.1, -0.05) is 55.1 Å². The maximum atomic E-state index is 14.3. The number of nitrogens with zero attached hydrogens (tertiary/aromatic N) is 4. The fraction of sp³-hybridized carbons (Fsp3) is 0.316. The van der Waals surface area contributed by atoms with E-state index in [1.807, 2.05) is 54.6 Å². The zero-order chi connectivity index (χ0) is 35.2. The molecule has 0 radical (unpaired) electrons. The number of likely N-dealkylation sites (N-methyl/N-ethyl adjacent to an activating group) is 1. The highest BCUT2D eigenvalue weighted by molar-refractivity contribution is 6.05. The fourth-order valence-electron chi connectivity index (χ4n) is 7.42. The number of alkyl halides is 3. The van der Waals surface area contributed by atoms with Crippen LogP contribution in [-0.4, -0.2) is 64.1 Å². The van der Waals surface area contributed by atoms with E-state index in [0.29, 0.717) is 35.1 Å². The lowest BCUT2D eigenvalue weighted by Gasteiger charge is -2.38. The smallest absolute Gasteiger partial charge is 0.348 e. The standard InChI is InChI=1S/C38H37F3N6O3/c1-3-46-36-31(20-43-47(36)29-13-5-4-6-14-29)32(33(37(46)50)44-35(49)27-11-8-12-28(18-27)38(39,40)41)26-10-7-9-24(15-26)19-42-34(48)23(2)21-45-22-25-16-30(45)17-25/h4-15,18,20,25,30,32-33H,2-3,16-17,19,21-22H2,1H3,(H,42,48)(H,44,49)/t25?,30?,32-,33+/m1/s1. The van der Waals surface area contributed by atoms with Crippen LogP contribution in [0.5, 0.6) is 0 Å². The van der Waals surface area contributed by atoms with E-state index in [0.717, 1.165) is 35.8 Å². The molecule has 0 unspecified atom stereocenters. The van der Waals surface area contributed by atoms with Crippen molar-refractivity contribution in [3.05, 3.63) is 125 Å². The number of para-hydroxylation sites is 1. The van der Waals surface area contributed by atoms with E-state index < -0.39 is 35.5 Å². The normalized spacial score (nSPS) is 21.4. The van der Waals surface area contributed by atoms with Crippen LogP contribution >= 0.6 is 0 Å². The molecule has 1 aliphatic carbocycles. The van der Waals surface area contributed by atoms with Gasteiger partial charge in [0.25, 0.3) is 11.8 Å². The summed E-state index contributed by atoms with van der Waals surface area (Å²) in [6.45, 7) is 7.82. The molecular formula is C38H37F3N6O3. The number of aromatic nitrogens is 2. The first kappa shape index (κ1) is 33.3. The maximum absolute atomic E-state index is 14.3. The minimum absolute atomic E-state index is 0.205. The van der Waals surface area contributed by atoms with E-state index in [1.54, 1.807) is 17.8 Å². The Labute approximate surface area is 287 Å². The minimum Gasteiger partial charge on any atom is -0.348 e. The van der Waals surface area contributed by atoms with Crippen LogP contribution < -0.4 is 15.5 Å². The van der Waals surface area contributed by atoms with Crippen molar-refractivity contribution in [2.24, 2.45) is 5.92 Å². The van der Waals surface area contributed by atoms with Gasteiger partial charge in [0.1, 0.15) is 11.9 Å². The topological polar surface area (TPSA) is 99.6 Å². The molecule has 2 atom stereocenters. The van der Waals surface area contributed by atoms with Gasteiger partial charge in [0.2, 0.25) is 5.91 Å². The molecule has 4 aliphatic rings. The van der Waals surface area contributed by atoms with Gasteiger partial charge < -0.3 is 10.6 Å². The zero-order valence-corrected chi connectivity index (χ0v) is 27.5. The predicted molar refractivity (Wildman–Crippen MR) is 182 cm³/mol. The molecule has 3 fully saturated rings. The Morgan fingerprint density at radius 3 is 2.46 bits per heavy atom. The second-order valence-corrected chi connectivity index (χ2v) is 13.2. The molecule has 258 valence electrons. The number of rotatable bonds is 10. The van der Waals surface area contributed by atoms with Crippen LogP contribution in [0.1, 0.15) is 58.3 Å². The van der Waals surface area contributed by atoms with Crippen LogP contribution in [0.3, 0.4) is 0 Å². The molecule has 2 bridgehead atoms. The van der Waals surface area contributed by atoms with Crippen LogP contribution in [-0.2, 0) is 22.3 Å². The Morgan fingerprint density at radius 2 is 1.76 bits per heavy atom. The molecule has 0 spiro atoms. The van der Waals surface area contributed by atoms with Crippen molar-refractivity contribution in [3.8, 4) is 5.69 Å². The highest BCUT2D eigenvalue weighted by Crippen LogP contribution is 2.42. The summed E-state index contributed by atoms with van der Waals surface area (Å²) in [6, 6.07) is 20.2. The Kier molecular flexibility index (Phi) is 8.81. The van der Waals surface area contributed by atoms with Gasteiger partial charge in [0.15, 0.2) is 0 Å². The van der Waals surface area contributed by atoms with Crippen molar-refractivity contribution in [1.82, 2.24) is 25.3 Å². The first-order chi connectivity index (χ1) is 24.0. The number of carbonyl (C=O) groups is 3. The van der Waals surface area contributed by atoms with Gasteiger partial charge in [-0.15, -0.1) is 0 Å². The second-order valence-electron chi connectivity index (χ2n) is 13.2. The number of fused-ring (bicyclic) bond motifs is 2. The van der Waals surface area contributed by atoms with E-state index in [9.17, 15) is 27.6 Å². The Morgan fingerprint density at radius 1 is 1.00 bits per heavy atom. The number of amides is 3. The monoisotopic (exact) mass is 682 g/mol. The summed E-state index contributed by atoms with van der Waals surface area (Å²) in [5.74, 6) is -0.963. The molecule has 3 aromatic carbocycles. The van der Waals surface area contributed by atoms with E-state index in [2.05, 4.69) is 27.2 Å². The van der Waals surface area contributed by atoms with Crippen molar-refractivity contribution in [1.29, 1.82) is 0 Å². The largest absolute Gasteiger partial charge is 0.416 e. The molecule has 1 aromatic heterocycles. The number of nitrogens with one attached hydrogen (secondary N) is 2. The SMILES string of the molecule is C=C(CN1CC2CC1C2)C(=O)NCc1cccc([C@@H]2c3cnn(-c4ccccc4)c3N(CC)C(=O)[C@H]2NC(=O)c2cccc(C(F)(F)F)c2)c1. The third kappa shape index (κ3) is 6.31. The van der Waals surface area contributed by atoms with Crippen LogP contribution in [0, 0.1) is 5.92 Å². The zero-order valence-electron chi connectivity index (χ0n) is 27.5. The summed E-state index contributed by atoms with van der Waals surface area (Å²) in [6.07, 6.45) is -0.605. The third-order valence-electron chi connectivity index (χ3n) is 9.98. The van der Waals surface area contributed by atoms with Crippen LogP contribution in [0.4, 0.5) is 19.0 Å². The molecule has 2 saturated heterocycles. The quantitative estimate of drug-likeness (QED) is 0.217. The number of hydrogen-bond donors (Lipinski definition) is 2. The Bertz CT molecular complexity index is 1950. The average molecular weight is 683 g/mol. The van der Waals surface area contributed by atoms with E-state index in [1.165, 1.54) is 29.9 Å². The predicted octanol–water partition coefficient (Wildman–Crippen LogP) is 5.45. The van der Waals surface area contributed by atoms with Crippen LogP contribution in [0.15, 0.2) is 97.2 Å². The molecule has 3 amide bonds. The lowest BCUT2D eigenvalue weighted by Crippen LogP contribution is -2.55. The summed E-state index contributed by atoms with van der Waals surface area (Å²) in [5.41, 5.74) is 2.13. The number of anilines is 1. The lowest BCUT2D eigenvalue weighted by molar-refractivity contribution is -0.137. The van der Waals surface area contributed by atoms with Crippen LogP contribution in [0.2, 0.25) is 0 Å². The van der Waals surface area contributed by atoms with Crippen molar-refractivity contribution in [3.63, 3.8) is 0 Å². The fourth-order valence-corrected chi connectivity index (χ4v) is 7.42. The molecule has 4 heterocycles. The van der Waals surface area contributed by atoms with Gasteiger partial charge in [-0.25, -0.2) is 4.68 Å². The molecule has 4 aromatic rings. The minimum atomic E-state index is -4.64. The van der Waals surface area contributed by atoms with Crippen molar-refractivity contribution in [2.75, 3.05) is 24.5 Å². The van der Waals surface area contributed by atoms with Gasteiger partial charge in [-0.2, -0.15) is 18.3 Å². The molecule has 1 saturated carbocycles. The van der Waals surface area contributed by atoms with Gasteiger partial charge >= 0.3 is 6.18 Å². The highest BCUT2D eigenvalue weighted by atomic mass is 19.4. The third-order valence-corrected chi connectivity index (χ3v) is 9.98. The van der Waals surface area contributed by atoms with E-state index >= 15 is 0 Å². The molecule has 3 aliphatic heterocycles. The summed E-state index contributed by atoms with van der Waals surface area (Å²) in [4.78, 5) is 44.8. The van der Waals surface area contributed by atoms with Gasteiger partial charge in [-0.05, 0) is 67.1 Å². The molecule has 2 N–H and O–H groups in total. The summed E-state index contributed by atoms with van der Waals surface area (Å²) in [5, 5.41) is 10.4. The summed E-state index contributed by atoms with van der Waals surface area (Å²) in [7, 11) is 0. The number of benzene rings is 3. The van der Waals surface area contributed by atoms with Crippen molar-refractivity contribution >= 4 is 23.5 Å². The highest BCUT2D eigenvalue weighted by Gasteiger charge is 2.45. The summed E-state index contributed by atoms with van der Waals surface area (Å²) < 4.78 is 42.2. The second kappa shape index (κ2) is 13.2. The first-order valence-corrected chi connectivity index (χ1v) is 16.7. The Balaban J connectivity index is 1.20. The van der Waals surface area contributed by atoms with E-state index in [4.69, 9.17) is 0 Å². The van der Waals surface area contributed by atoms with Crippen molar-refractivity contribution < 1.29 is 27.6 Å². The molecule has 8 rings (SSSR count). The maximum Gasteiger partial charge on any atom is 0.416 e. The lowest BCUT2D eigenvalue weighted by atomic mass is 9.81. The van der Waals surface area contributed by atoms with Gasteiger partial charge in [0.05, 0.1) is 17.4 Å². The molecule has 12 heteroatoms. The van der Waals surface area contributed by atoms with Crippen molar-refractivity contribution in [2.45, 2.75) is 50.5 Å². The van der Waals surface area contributed by atoms with E-state index in [-0.39, 0.29) is 24.6 Å². The van der Waals surface area contributed by atoms with Gasteiger partial charge in [0, 0.05) is 54.8 Å². The van der Waals surface area contributed by atoms with Gasteiger partial charge in [-0.3, -0.25) is 24.2 Å². The Hall–Kier alpha value is -5.23. The number of halogens is 3. The first-order valence-electron chi connectivity index (χ1n) is 16.7. The van der Waals surface area contributed by atoms with Crippen LogP contribution in [0.25, 0.3) is 5.69 Å².